The second-order valence-corrected chi connectivity index (χ2v) is 26.6. The second-order valence-electron chi connectivity index (χ2n) is 25.6. The van der Waals surface area contributed by atoms with E-state index in [4.69, 9.17) is 52.1 Å². The molecule has 0 aromatic carbocycles. The van der Waals surface area contributed by atoms with Crippen molar-refractivity contribution in [1.82, 2.24) is 0 Å². The molecule has 20 unspecified atom stereocenters. The van der Waals surface area contributed by atoms with Crippen LogP contribution in [0, 0.1) is 39.4 Å². The molecule has 0 amide bonds. The Labute approximate surface area is 500 Å². The molecule has 5 saturated heterocycles. The van der Waals surface area contributed by atoms with Crippen LogP contribution in [0.15, 0.2) is 23.3 Å². The Morgan fingerprint density at radius 3 is 2.07 bits per heavy atom. The van der Waals surface area contributed by atoms with E-state index >= 15 is 0 Å². The maximum Gasteiger partial charge on any atom is 1.00 e. The molecule has 9 rings (SSSR count). The number of rotatable bonds is 16. The molecule has 82 heavy (non-hydrogen) atoms. The summed E-state index contributed by atoms with van der Waals surface area (Å²) in [6.45, 7) is 15.7. The zero-order valence-electron chi connectivity index (χ0n) is 48.6. The number of methoxy groups -OCH3 is 1. The van der Waals surface area contributed by atoms with E-state index < -0.39 is 181 Å². The van der Waals surface area contributed by atoms with Crippen LogP contribution in [0.5, 0.6) is 0 Å². The first kappa shape index (κ1) is 66.6. The summed E-state index contributed by atoms with van der Waals surface area (Å²) < 4.78 is 106. The van der Waals surface area contributed by atoms with E-state index in [1.807, 2.05) is 20.8 Å². The van der Waals surface area contributed by atoms with E-state index in [2.05, 4.69) is 44.0 Å². The predicted molar refractivity (Wildman–Crippen MR) is 274 cm³/mol. The maximum absolute atomic E-state index is 14.7. The molecule has 0 radical (unpaired) electrons. The molecule has 5 aliphatic heterocycles. The average molecular weight is 1200 g/mol. The predicted octanol–water partition coefficient (Wildman–Crippen LogP) is -2.72. The van der Waals surface area contributed by atoms with Crippen molar-refractivity contribution < 1.29 is 149 Å². The quantitative estimate of drug-likeness (QED) is 0.0256. The summed E-state index contributed by atoms with van der Waals surface area (Å²) in [6, 6.07) is 0. The van der Waals surface area contributed by atoms with Gasteiger partial charge in [-0.05, 0) is 102 Å². The fourth-order valence-corrected chi connectivity index (χ4v) is 16.7. The Morgan fingerprint density at radius 2 is 1.43 bits per heavy atom. The normalized spacial score (nSPS) is 48.9. The Balaban J connectivity index is 0.00000880. The van der Waals surface area contributed by atoms with Gasteiger partial charge < -0.3 is 97.5 Å². The van der Waals surface area contributed by atoms with Crippen LogP contribution in [0.1, 0.15) is 114 Å². The maximum atomic E-state index is 14.7. The summed E-state index contributed by atoms with van der Waals surface area (Å²) in [7, 11) is -4.20. The van der Waals surface area contributed by atoms with Crippen molar-refractivity contribution in [2.75, 3.05) is 26.9 Å². The van der Waals surface area contributed by atoms with Crippen LogP contribution < -0.4 is 29.6 Å². The van der Waals surface area contributed by atoms with Crippen LogP contribution in [0.4, 0.5) is 0 Å². The minimum atomic E-state index is -5.41. The molecule has 3 saturated carbocycles. The van der Waals surface area contributed by atoms with Crippen molar-refractivity contribution in [3.8, 4) is 0 Å². The van der Waals surface area contributed by atoms with E-state index in [-0.39, 0.29) is 58.7 Å². The molecule has 9 aliphatic rings. The van der Waals surface area contributed by atoms with E-state index in [1.165, 1.54) is 26.5 Å². The van der Waals surface area contributed by atoms with Crippen LogP contribution in [-0.2, 0) is 76.3 Å². The van der Waals surface area contributed by atoms with E-state index in [0.29, 0.717) is 51.4 Å². The molecule has 27 atom stereocenters. The minimum Gasteiger partial charge on any atom is -0.726 e. The van der Waals surface area contributed by atoms with Crippen LogP contribution in [0.2, 0.25) is 0 Å². The number of ether oxygens (including phenoxy) is 11. The smallest absolute Gasteiger partial charge is 0.726 e. The molecule has 8 fully saturated rings. The Morgan fingerprint density at radius 1 is 0.780 bits per heavy atom. The summed E-state index contributed by atoms with van der Waals surface area (Å²) >= 11 is 0. The number of aliphatic hydroxyl groups is 8. The van der Waals surface area contributed by atoms with Gasteiger partial charge in [-0.25, -0.2) is 8.42 Å². The molecule has 27 heteroatoms. The van der Waals surface area contributed by atoms with Crippen LogP contribution in [0.25, 0.3) is 0 Å². The number of aliphatic hydroxyl groups excluding tert-OH is 8. The Hall–Kier alpha value is -1.39. The molecule has 0 aromatic rings. The topological polar surface area (TPSA) is 364 Å². The molecule has 8 N–H and O–H groups in total. The fourth-order valence-electron chi connectivity index (χ4n) is 16.3. The Kier molecular flexibility index (Phi) is 20.2. The van der Waals surface area contributed by atoms with E-state index in [0.717, 1.165) is 5.57 Å². The largest absolute Gasteiger partial charge is 1.00 e. The van der Waals surface area contributed by atoms with Crippen molar-refractivity contribution in [3.63, 3.8) is 0 Å². The zero-order valence-corrected chi connectivity index (χ0v) is 51.5. The van der Waals surface area contributed by atoms with Crippen molar-refractivity contribution in [3.05, 3.63) is 23.3 Å². The van der Waals surface area contributed by atoms with Crippen molar-refractivity contribution in [2.24, 2.45) is 39.4 Å². The van der Waals surface area contributed by atoms with Gasteiger partial charge in [0.05, 0.1) is 43.4 Å². The number of allylic oxidation sites excluding steroid dienone is 4. The molecular formula is C55H85NaO25S. The molecule has 1 spiro atoms. The van der Waals surface area contributed by atoms with E-state index in [1.54, 1.807) is 0 Å². The van der Waals surface area contributed by atoms with Crippen LogP contribution >= 0.6 is 0 Å². The first-order chi connectivity index (χ1) is 37.9. The SMILES string of the molecule is COC1C(O)C(CO)OC(OC2C(O)COC(OC3C(C)OC(OC4C(O[C@H]5CC[C@]6(C)C7CC[C@]89C(=O)O[C@@](C)(CCC=C(C)C)[C@H]8[C@H](OC(C)=O)C[C@@]9(C)C7=CCC6C5(C)C)OCC(OS(=O)(=O)[O-])C4O)C(O)C3O)C2O)C1O.[Na+]. The number of hydrogen-bond acceptors (Lipinski definition) is 25. The van der Waals surface area contributed by atoms with Crippen molar-refractivity contribution >= 4 is 22.3 Å². The Bertz CT molecular complexity index is 2460. The van der Waals surface area contributed by atoms with E-state index in [9.17, 15) is 63.4 Å². The van der Waals surface area contributed by atoms with Gasteiger partial charge in [0.1, 0.15) is 91.1 Å². The summed E-state index contributed by atoms with van der Waals surface area (Å²) in [6.07, 6.45) is -21.3. The first-order valence-electron chi connectivity index (χ1n) is 28.3. The molecule has 462 valence electrons. The number of esters is 2. The minimum absolute atomic E-state index is 0. The number of hydrogen-bond donors (Lipinski definition) is 8. The number of fused-ring (bicyclic) bond motifs is 4. The number of carbonyl (C=O) groups is 2. The van der Waals surface area contributed by atoms with Crippen molar-refractivity contribution in [1.29, 1.82) is 0 Å². The number of cyclic esters (lactones) is 1. The monoisotopic (exact) mass is 1200 g/mol. The molecule has 25 nitrogen and oxygen atoms in total. The summed E-state index contributed by atoms with van der Waals surface area (Å²) in [5.74, 6) is -0.985. The summed E-state index contributed by atoms with van der Waals surface area (Å²) in [5.41, 5.74) is -1.06. The molecule has 0 bridgehead atoms. The molecular weight excluding hydrogens is 1120 g/mol. The third kappa shape index (κ3) is 11.8. The van der Waals surface area contributed by atoms with Gasteiger partial charge in [-0.2, -0.15) is 0 Å². The first-order valence-corrected chi connectivity index (χ1v) is 29.7. The summed E-state index contributed by atoms with van der Waals surface area (Å²) in [4.78, 5) is 27.4. The number of carbonyl (C=O) groups excluding carboxylic acids is 2. The third-order valence-corrected chi connectivity index (χ3v) is 20.6. The average Bonchev–Trinajstić information content (AvgIpc) is 1.52. The van der Waals surface area contributed by atoms with Gasteiger partial charge in [0.25, 0.3) is 0 Å². The van der Waals surface area contributed by atoms with Gasteiger partial charge >= 0.3 is 41.5 Å². The van der Waals surface area contributed by atoms with Gasteiger partial charge in [-0.3, -0.25) is 13.8 Å². The van der Waals surface area contributed by atoms with Gasteiger partial charge in [0.2, 0.25) is 10.4 Å². The zero-order chi connectivity index (χ0) is 59.3. The van der Waals surface area contributed by atoms with Crippen LogP contribution in [0.3, 0.4) is 0 Å². The molecule has 5 heterocycles. The van der Waals surface area contributed by atoms with Gasteiger partial charge in [0.15, 0.2) is 25.2 Å². The van der Waals surface area contributed by atoms with Gasteiger partial charge in [-0.15, -0.1) is 0 Å². The van der Waals surface area contributed by atoms with Gasteiger partial charge in [0, 0.05) is 19.4 Å². The summed E-state index contributed by atoms with van der Waals surface area (Å²) in [5, 5.41) is 88.3. The fraction of sp³-hybridized carbons (Fsp3) is 0.891. The molecule has 0 aromatic heterocycles. The van der Waals surface area contributed by atoms with Gasteiger partial charge in [-0.1, -0.05) is 51.0 Å². The third-order valence-electron chi connectivity index (χ3n) is 20.2. The second kappa shape index (κ2) is 24.9. The molecule has 4 aliphatic carbocycles. The van der Waals surface area contributed by atoms with Crippen LogP contribution in [-0.4, -0.2) is 221 Å². The standard InChI is InChI=1S/C55H86O25S.Na/c1-24(2)12-11-17-54(9)45-30(73-26(4)57)20-53(8)28-13-14-33-51(5,6)34(16-18-52(33,7)27(28)15-19-55(45,53)50(65)79-54)75-49-44(36(60)32(23-71-49)80-81(66,67)68)78-47-38(62)37(61)41(25(3)72-47)76-46-39(63)42(29(58)22-70-46)77-48-40(64)43(69-10)35(59)31(21-56)74-48;/h12-13,25,27,29-49,56,58-64H,11,14-23H2,1-10H3,(H,66,67,68);/q;+1/p-1/t25?,27?,29?,30-,31?,32?,33?,34+,35?,36?,37?,38?,39?,40?,41?,42?,43?,44?,45-,46?,47?,48?,49?,52-,53+,54+,55-;/m1./s1. The van der Waals surface area contributed by atoms with Crippen molar-refractivity contribution in [2.45, 2.75) is 242 Å².